The van der Waals surface area contributed by atoms with Crippen LogP contribution in [0.1, 0.15) is 35.4 Å². The van der Waals surface area contributed by atoms with Crippen LogP contribution in [0.25, 0.3) is 0 Å². The Bertz CT molecular complexity index is 654. The molecular formula is C17H17FN2O. The summed E-state index contributed by atoms with van der Waals surface area (Å²) < 4.78 is 13.1. The Hall–Kier alpha value is -2.36. The Balaban J connectivity index is 2.02. The SMILES string of the molecule is CCCN1C(=O)c2ccccc2NC1c1ccc(F)cc1. The molecule has 0 spiro atoms. The van der Waals surface area contributed by atoms with Crippen molar-refractivity contribution < 1.29 is 9.18 Å². The number of hydrogen-bond donors (Lipinski definition) is 1. The van der Waals surface area contributed by atoms with Crippen molar-refractivity contribution in [3.05, 3.63) is 65.5 Å². The molecule has 3 nitrogen and oxygen atoms in total. The number of fused-ring (bicyclic) bond motifs is 1. The van der Waals surface area contributed by atoms with Gasteiger partial charge in [0.2, 0.25) is 0 Å². The fraction of sp³-hybridized carbons (Fsp3) is 0.235. The third kappa shape index (κ3) is 2.49. The van der Waals surface area contributed by atoms with Crippen molar-refractivity contribution in [2.75, 3.05) is 11.9 Å². The molecule has 0 saturated heterocycles. The average Bonchev–Trinajstić information content (AvgIpc) is 2.51. The lowest BCUT2D eigenvalue weighted by atomic mass is 10.0. The van der Waals surface area contributed by atoms with Gasteiger partial charge >= 0.3 is 0 Å². The van der Waals surface area contributed by atoms with E-state index in [1.165, 1.54) is 12.1 Å². The minimum absolute atomic E-state index is 0.0144. The highest BCUT2D eigenvalue weighted by molar-refractivity contribution is 6.01. The Morgan fingerprint density at radius 3 is 2.57 bits per heavy atom. The fourth-order valence-electron chi connectivity index (χ4n) is 2.67. The minimum Gasteiger partial charge on any atom is -0.361 e. The van der Waals surface area contributed by atoms with Crippen LogP contribution in [-0.2, 0) is 0 Å². The molecule has 1 atom stereocenters. The Kier molecular flexibility index (Phi) is 3.60. The van der Waals surface area contributed by atoms with Crippen molar-refractivity contribution >= 4 is 11.6 Å². The normalized spacial score (nSPS) is 17.3. The van der Waals surface area contributed by atoms with Gasteiger partial charge in [-0.05, 0) is 36.2 Å². The quantitative estimate of drug-likeness (QED) is 0.929. The van der Waals surface area contributed by atoms with Crippen LogP contribution < -0.4 is 5.32 Å². The lowest BCUT2D eigenvalue weighted by molar-refractivity contribution is 0.0683. The van der Waals surface area contributed by atoms with Gasteiger partial charge in [-0.1, -0.05) is 31.2 Å². The summed E-state index contributed by atoms with van der Waals surface area (Å²) in [5.41, 5.74) is 2.39. The predicted molar refractivity (Wildman–Crippen MR) is 80.5 cm³/mol. The van der Waals surface area contributed by atoms with Gasteiger partial charge in [0.1, 0.15) is 12.0 Å². The number of nitrogens with one attached hydrogen (secondary N) is 1. The molecule has 1 aliphatic rings. The first kappa shape index (κ1) is 13.6. The summed E-state index contributed by atoms with van der Waals surface area (Å²) in [6.45, 7) is 2.69. The van der Waals surface area contributed by atoms with Crippen LogP contribution in [0.4, 0.5) is 10.1 Å². The molecule has 0 aromatic heterocycles. The molecule has 1 N–H and O–H groups in total. The molecule has 21 heavy (non-hydrogen) atoms. The maximum Gasteiger partial charge on any atom is 0.257 e. The molecule has 1 aliphatic heterocycles. The number of anilines is 1. The first-order chi connectivity index (χ1) is 10.2. The molecule has 0 radical (unpaired) electrons. The molecular weight excluding hydrogens is 267 g/mol. The average molecular weight is 284 g/mol. The second kappa shape index (κ2) is 5.56. The van der Waals surface area contributed by atoms with Gasteiger partial charge in [-0.15, -0.1) is 0 Å². The Morgan fingerprint density at radius 1 is 1.14 bits per heavy atom. The number of benzene rings is 2. The maximum atomic E-state index is 13.1. The monoisotopic (exact) mass is 284 g/mol. The van der Waals surface area contributed by atoms with E-state index < -0.39 is 0 Å². The van der Waals surface area contributed by atoms with Gasteiger partial charge in [0.25, 0.3) is 5.91 Å². The van der Waals surface area contributed by atoms with E-state index in [1.807, 2.05) is 31.2 Å². The fourth-order valence-corrected chi connectivity index (χ4v) is 2.67. The molecule has 2 aromatic rings. The second-order valence-corrected chi connectivity index (χ2v) is 5.14. The van der Waals surface area contributed by atoms with Crippen LogP contribution in [0, 0.1) is 5.82 Å². The van der Waals surface area contributed by atoms with Crippen molar-refractivity contribution in [1.82, 2.24) is 4.90 Å². The Morgan fingerprint density at radius 2 is 1.86 bits per heavy atom. The summed E-state index contributed by atoms with van der Waals surface area (Å²) in [7, 11) is 0. The second-order valence-electron chi connectivity index (χ2n) is 5.14. The van der Waals surface area contributed by atoms with Crippen LogP contribution in [0.3, 0.4) is 0 Å². The molecule has 0 saturated carbocycles. The number of amides is 1. The first-order valence-electron chi connectivity index (χ1n) is 7.12. The summed E-state index contributed by atoms with van der Waals surface area (Å²) in [4.78, 5) is 14.5. The number of nitrogens with zero attached hydrogens (tertiary/aromatic N) is 1. The van der Waals surface area contributed by atoms with E-state index in [0.29, 0.717) is 12.1 Å². The smallest absolute Gasteiger partial charge is 0.257 e. The summed E-state index contributed by atoms with van der Waals surface area (Å²) >= 11 is 0. The first-order valence-corrected chi connectivity index (χ1v) is 7.12. The lowest BCUT2D eigenvalue weighted by Crippen LogP contribution is -2.43. The van der Waals surface area contributed by atoms with E-state index in [-0.39, 0.29) is 17.9 Å². The molecule has 1 heterocycles. The predicted octanol–water partition coefficient (Wildman–Crippen LogP) is 3.80. The van der Waals surface area contributed by atoms with Crippen LogP contribution in [0.15, 0.2) is 48.5 Å². The molecule has 0 fully saturated rings. The standard InChI is InChI=1S/C17H17FN2O/c1-2-11-20-16(12-7-9-13(18)10-8-12)19-15-6-4-3-5-14(15)17(20)21/h3-10,16,19H,2,11H2,1H3. The zero-order valence-electron chi connectivity index (χ0n) is 11.8. The van der Waals surface area contributed by atoms with Crippen LogP contribution in [-0.4, -0.2) is 17.4 Å². The third-order valence-corrected chi connectivity index (χ3v) is 3.67. The van der Waals surface area contributed by atoms with E-state index in [4.69, 9.17) is 0 Å². The van der Waals surface area contributed by atoms with Crippen molar-refractivity contribution in [1.29, 1.82) is 0 Å². The van der Waals surface area contributed by atoms with Crippen molar-refractivity contribution in [3.8, 4) is 0 Å². The van der Waals surface area contributed by atoms with Gasteiger partial charge in [0.05, 0.1) is 5.56 Å². The van der Waals surface area contributed by atoms with E-state index in [1.54, 1.807) is 17.0 Å². The van der Waals surface area contributed by atoms with Gasteiger partial charge in [0.15, 0.2) is 0 Å². The largest absolute Gasteiger partial charge is 0.361 e. The van der Waals surface area contributed by atoms with E-state index in [2.05, 4.69) is 5.32 Å². The van der Waals surface area contributed by atoms with Crippen LogP contribution in [0.2, 0.25) is 0 Å². The van der Waals surface area contributed by atoms with Crippen LogP contribution >= 0.6 is 0 Å². The van der Waals surface area contributed by atoms with Crippen molar-refractivity contribution in [2.45, 2.75) is 19.5 Å². The Labute approximate surface area is 123 Å². The molecule has 3 rings (SSSR count). The van der Waals surface area contributed by atoms with E-state index in [0.717, 1.165) is 17.7 Å². The highest BCUT2D eigenvalue weighted by Crippen LogP contribution is 2.32. The highest BCUT2D eigenvalue weighted by Gasteiger charge is 2.31. The molecule has 1 amide bonds. The molecule has 4 heteroatoms. The molecule has 108 valence electrons. The highest BCUT2D eigenvalue weighted by atomic mass is 19.1. The third-order valence-electron chi connectivity index (χ3n) is 3.67. The number of rotatable bonds is 3. The summed E-state index contributed by atoms with van der Waals surface area (Å²) in [5.74, 6) is -0.260. The van der Waals surface area contributed by atoms with Gasteiger partial charge in [-0.25, -0.2) is 4.39 Å². The summed E-state index contributed by atoms with van der Waals surface area (Å²) in [6.07, 6.45) is 0.612. The molecule has 0 bridgehead atoms. The topological polar surface area (TPSA) is 32.3 Å². The van der Waals surface area contributed by atoms with Gasteiger partial charge in [-0.3, -0.25) is 4.79 Å². The number of para-hydroxylation sites is 1. The molecule has 1 unspecified atom stereocenters. The lowest BCUT2D eigenvalue weighted by Gasteiger charge is -2.38. The van der Waals surface area contributed by atoms with E-state index >= 15 is 0 Å². The number of carbonyl (C=O) groups is 1. The van der Waals surface area contributed by atoms with Gasteiger partial charge < -0.3 is 10.2 Å². The maximum absolute atomic E-state index is 13.1. The molecule has 0 aliphatic carbocycles. The molecule has 2 aromatic carbocycles. The number of hydrogen-bond acceptors (Lipinski definition) is 2. The van der Waals surface area contributed by atoms with E-state index in [9.17, 15) is 9.18 Å². The number of halogens is 1. The van der Waals surface area contributed by atoms with Crippen molar-refractivity contribution in [3.63, 3.8) is 0 Å². The van der Waals surface area contributed by atoms with Gasteiger partial charge in [0, 0.05) is 12.2 Å². The minimum atomic E-state index is -0.275. The van der Waals surface area contributed by atoms with Crippen molar-refractivity contribution in [2.24, 2.45) is 0 Å². The summed E-state index contributed by atoms with van der Waals surface area (Å²) in [5, 5.41) is 3.38. The zero-order valence-corrected chi connectivity index (χ0v) is 11.8. The zero-order chi connectivity index (χ0) is 14.8. The summed E-state index contributed by atoms with van der Waals surface area (Å²) in [6, 6.07) is 13.8. The van der Waals surface area contributed by atoms with Gasteiger partial charge in [-0.2, -0.15) is 0 Å². The van der Waals surface area contributed by atoms with Crippen LogP contribution in [0.5, 0.6) is 0 Å². The number of carbonyl (C=O) groups excluding carboxylic acids is 1.